The van der Waals surface area contributed by atoms with Gasteiger partial charge < -0.3 is 20.1 Å². The summed E-state index contributed by atoms with van der Waals surface area (Å²) in [6, 6.07) is 0.929. The number of halogens is 1. The van der Waals surface area contributed by atoms with Crippen molar-refractivity contribution in [3.05, 3.63) is 46.5 Å². The Morgan fingerprint density at radius 3 is 2.64 bits per heavy atom. The SMILES string of the molecule is C[C@@H]1C[C@@H](O)/C=C/C=C\CC(=O)Cc2c(Cl)c(O)cc(O)c2C(=O)O1. The Bertz CT molecular complexity index is 738. The molecule has 0 saturated heterocycles. The summed E-state index contributed by atoms with van der Waals surface area (Å²) in [6.07, 6.45) is 4.89. The van der Waals surface area contributed by atoms with Crippen molar-refractivity contribution in [2.45, 2.75) is 38.4 Å². The van der Waals surface area contributed by atoms with Crippen LogP contribution in [0, 0.1) is 0 Å². The minimum Gasteiger partial charge on any atom is -0.507 e. The largest absolute Gasteiger partial charge is 0.507 e. The first-order chi connectivity index (χ1) is 11.8. The van der Waals surface area contributed by atoms with E-state index in [-0.39, 0.29) is 41.2 Å². The summed E-state index contributed by atoms with van der Waals surface area (Å²) in [7, 11) is 0. The number of aliphatic hydroxyl groups excluding tert-OH is 1. The number of cyclic esters (lactones) is 1. The molecule has 1 aliphatic heterocycles. The number of carbonyl (C=O) groups excluding carboxylic acids is 2. The summed E-state index contributed by atoms with van der Waals surface area (Å²) in [5, 5.41) is 29.5. The van der Waals surface area contributed by atoms with Gasteiger partial charge >= 0.3 is 5.97 Å². The number of allylic oxidation sites excluding steroid dienone is 3. The molecule has 0 saturated carbocycles. The minimum atomic E-state index is -0.876. The van der Waals surface area contributed by atoms with Crippen LogP contribution in [0.3, 0.4) is 0 Å². The van der Waals surface area contributed by atoms with E-state index in [1.54, 1.807) is 25.2 Å². The van der Waals surface area contributed by atoms with Crippen LogP contribution in [0.1, 0.15) is 35.7 Å². The van der Waals surface area contributed by atoms with Gasteiger partial charge in [-0.15, -0.1) is 0 Å². The van der Waals surface area contributed by atoms with Gasteiger partial charge in [0.05, 0.1) is 11.1 Å². The summed E-state index contributed by atoms with van der Waals surface area (Å²) < 4.78 is 5.24. The highest BCUT2D eigenvalue weighted by molar-refractivity contribution is 6.33. The lowest BCUT2D eigenvalue weighted by Gasteiger charge is -2.18. The maximum absolute atomic E-state index is 12.4. The van der Waals surface area contributed by atoms with Gasteiger partial charge in [-0.25, -0.2) is 4.79 Å². The lowest BCUT2D eigenvalue weighted by Crippen LogP contribution is -2.21. The van der Waals surface area contributed by atoms with Crippen LogP contribution in [0.15, 0.2) is 30.4 Å². The van der Waals surface area contributed by atoms with Crippen molar-refractivity contribution in [1.29, 1.82) is 0 Å². The van der Waals surface area contributed by atoms with Crippen molar-refractivity contribution in [2.24, 2.45) is 0 Å². The molecule has 0 radical (unpaired) electrons. The number of esters is 1. The van der Waals surface area contributed by atoms with Crippen LogP contribution < -0.4 is 0 Å². The number of carbonyl (C=O) groups is 2. The molecule has 0 aromatic heterocycles. The van der Waals surface area contributed by atoms with E-state index in [0.29, 0.717) is 0 Å². The van der Waals surface area contributed by atoms with Crippen molar-refractivity contribution < 1.29 is 29.6 Å². The van der Waals surface area contributed by atoms with Crippen LogP contribution in [0.4, 0.5) is 0 Å². The van der Waals surface area contributed by atoms with Crippen LogP contribution in [-0.2, 0) is 16.0 Å². The molecule has 0 aliphatic carbocycles. The number of ether oxygens (including phenoxy) is 1. The predicted octanol–water partition coefficient (Wildman–Crippen LogP) is 2.68. The van der Waals surface area contributed by atoms with Gasteiger partial charge in [0.15, 0.2) is 0 Å². The van der Waals surface area contributed by atoms with E-state index in [0.717, 1.165) is 6.07 Å². The van der Waals surface area contributed by atoms with Gasteiger partial charge in [0.2, 0.25) is 0 Å². The molecule has 1 heterocycles. The first-order valence-corrected chi connectivity index (χ1v) is 8.14. The fourth-order valence-electron chi connectivity index (χ4n) is 2.53. The number of phenolic OH excluding ortho intramolecular Hbond substituents is 2. The fourth-order valence-corrected chi connectivity index (χ4v) is 2.74. The third-order valence-corrected chi connectivity index (χ3v) is 4.13. The Hall–Kier alpha value is -2.31. The summed E-state index contributed by atoms with van der Waals surface area (Å²) in [5.74, 6) is -2.10. The number of aliphatic hydroxyl groups is 1. The molecule has 0 unspecified atom stereocenters. The molecule has 0 bridgehead atoms. The Labute approximate surface area is 150 Å². The molecule has 1 aliphatic rings. The van der Waals surface area contributed by atoms with E-state index < -0.39 is 29.7 Å². The maximum atomic E-state index is 12.4. The highest BCUT2D eigenvalue weighted by Crippen LogP contribution is 2.37. The molecule has 25 heavy (non-hydrogen) atoms. The second kappa shape index (κ2) is 8.18. The molecule has 3 N–H and O–H groups in total. The van der Waals surface area contributed by atoms with E-state index in [2.05, 4.69) is 0 Å². The highest BCUT2D eigenvalue weighted by atomic mass is 35.5. The fraction of sp³-hybridized carbons (Fsp3) is 0.333. The molecular formula is C18H19ClO6. The van der Waals surface area contributed by atoms with Crippen molar-refractivity contribution in [2.75, 3.05) is 0 Å². The first kappa shape index (κ1) is 19.0. The Kier molecular flexibility index (Phi) is 6.22. The van der Waals surface area contributed by atoms with E-state index >= 15 is 0 Å². The van der Waals surface area contributed by atoms with E-state index in [9.17, 15) is 24.9 Å². The molecule has 7 heteroatoms. The number of rotatable bonds is 0. The highest BCUT2D eigenvalue weighted by Gasteiger charge is 2.26. The minimum absolute atomic E-state index is 0.0166. The lowest BCUT2D eigenvalue weighted by atomic mass is 9.99. The van der Waals surface area contributed by atoms with E-state index in [4.69, 9.17) is 16.3 Å². The van der Waals surface area contributed by atoms with E-state index in [1.165, 1.54) is 6.08 Å². The zero-order valence-electron chi connectivity index (χ0n) is 13.6. The molecular weight excluding hydrogens is 348 g/mol. The standard InChI is InChI=1S/C18H19ClO6/c1-10-7-11(20)5-3-2-4-6-12(21)8-13-16(18(24)25-10)14(22)9-15(23)17(13)19/h2-5,9-11,20,22-23H,6-8H2,1H3/b4-2-,5-3+/t10-,11+/m1/s1. The molecule has 0 amide bonds. The number of ketones is 1. The number of hydrogen-bond donors (Lipinski definition) is 3. The lowest BCUT2D eigenvalue weighted by molar-refractivity contribution is -0.117. The molecule has 1 aromatic rings. The van der Waals surface area contributed by atoms with Crippen molar-refractivity contribution in [3.63, 3.8) is 0 Å². The third kappa shape index (κ3) is 4.84. The molecule has 1 aromatic carbocycles. The molecule has 0 fully saturated rings. The number of hydrogen-bond acceptors (Lipinski definition) is 6. The topological polar surface area (TPSA) is 104 Å². The van der Waals surface area contributed by atoms with Crippen molar-refractivity contribution in [1.82, 2.24) is 0 Å². The van der Waals surface area contributed by atoms with Gasteiger partial charge in [-0.1, -0.05) is 35.9 Å². The summed E-state index contributed by atoms with van der Waals surface area (Å²) in [4.78, 5) is 24.6. The van der Waals surface area contributed by atoms with Crippen LogP contribution in [0.25, 0.3) is 0 Å². The van der Waals surface area contributed by atoms with E-state index in [1.807, 2.05) is 0 Å². The second-order valence-corrected chi connectivity index (χ2v) is 6.21. The van der Waals surface area contributed by atoms with Crippen LogP contribution in [-0.4, -0.2) is 39.3 Å². The Morgan fingerprint density at radius 1 is 1.20 bits per heavy atom. The zero-order valence-corrected chi connectivity index (χ0v) is 14.4. The Morgan fingerprint density at radius 2 is 1.92 bits per heavy atom. The van der Waals surface area contributed by atoms with Crippen molar-refractivity contribution in [3.8, 4) is 11.5 Å². The number of benzene rings is 1. The second-order valence-electron chi connectivity index (χ2n) is 5.83. The average molecular weight is 367 g/mol. The zero-order chi connectivity index (χ0) is 18.6. The number of Topliss-reactive ketones (excluding diaryl/α,β-unsaturated/α-hetero) is 1. The van der Waals surface area contributed by atoms with Gasteiger partial charge in [0.1, 0.15) is 28.9 Å². The third-order valence-electron chi connectivity index (χ3n) is 3.71. The Balaban J connectivity index is 2.49. The monoisotopic (exact) mass is 366 g/mol. The predicted molar refractivity (Wildman–Crippen MR) is 91.9 cm³/mol. The maximum Gasteiger partial charge on any atom is 0.342 e. The molecule has 134 valence electrons. The average Bonchev–Trinajstić information content (AvgIpc) is 2.50. The van der Waals surface area contributed by atoms with Crippen molar-refractivity contribution >= 4 is 23.4 Å². The van der Waals surface area contributed by atoms with Crippen LogP contribution in [0.2, 0.25) is 5.02 Å². The summed E-state index contributed by atoms with van der Waals surface area (Å²) >= 11 is 6.03. The molecule has 2 atom stereocenters. The summed E-state index contributed by atoms with van der Waals surface area (Å²) in [6.45, 7) is 1.60. The number of aromatic hydroxyl groups is 2. The quantitative estimate of drug-likeness (QED) is 0.610. The molecule has 0 spiro atoms. The van der Waals surface area contributed by atoms with Gasteiger partial charge in [-0.05, 0) is 6.92 Å². The first-order valence-electron chi connectivity index (χ1n) is 7.77. The normalized spacial score (nSPS) is 24.8. The van der Waals surface area contributed by atoms with Gasteiger partial charge in [-0.2, -0.15) is 0 Å². The van der Waals surface area contributed by atoms with Gasteiger partial charge in [0.25, 0.3) is 0 Å². The molecule has 2 rings (SSSR count). The number of fused-ring (bicyclic) bond motifs is 1. The van der Waals surface area contributed by atoms with Gasteiger partial charge in [0, 0.05) is 30.9 Å². The summed E-state index contributed by atoms with van der Waals surface area (Å²) in [5.41, 5.74) is -0.239. The van der Waals surface area contributed by atoms with Crippen LogP contribution >= 0.6 is 11.6 Å². The van der Waals surface area contributed by atoms with Crippen LogP contribution in [0.5, 0.6) is 11.5 Å². The van der Waals surface area contributed by atoms with Gasteiger partial charge in [-0.3, -0.25) is 4.79 Å². The smallest absolute Gasteiger partial charge is 0.342 e. The molecule has 6 nitrogen and oxygen atoms in total. The number of phenols is 2.